The van der Waals surface area contributed by atoms with E-state index in [1.165, 1.54) is 12.8 Å². The highest BCUT2D eigenvalue weighted by Gasteiger charge is 2.60. The van der Waals surface area contributed by atoms with E-state index in [9.17, 15) is 13.2 Å². The van der Waals surface area contributed by atoms with E-state index in [-0.39, 0.29) is 0 Å². The van der Waals surface area contributed by atoms with E-state index < -0.39 is 18.9 Å². The third-order valence-corrected chi connectivity index (χ3v) is 6.39. The summed E-state index contributed by atoms with van der Waals surface area (Å²) in [6.07, 6.45) is 1.45. The number of rotatable bonds is 4. The van der Waals surface area contributed by atoms with Gasteiger partial charge in [-0.1, -0.05) is 12.2 Å². The van der Waals surface area contributed by atoms with Crippen LogP contribution in [0.15, 0.2) is 12.2 Å². The summed E-state index contributed by atoms with van der Waals surface area (Å²) in [5, 5.41) is 8.97. The molecule has 3 saturated carbocycles. The van der Waals surface area contributed by atoms with Gasteiger partial charge in [-0.05, 0) is 60.7 Å². The summed E-state index contributed by atoms with van der Waals surface area (Å²) < 4.78 is 41.9. The van der Waals surface area contributed by atoms with Crippen molar-refractivity contribution in [3.05, 3.63) is 12.2 Å². The first-order chi connectivity index (χ1) is 9.95. The predicted octanol–water partition coefficient (Wildman–Crippen LogP) is 3.02. The highest BCUT2D eigenvalue weighted by molar-refractivity contribution is 5.20. The molecule has 0 aliphatic heterocycles. The zero-order valence-corrected chi connectivity index (χ0v) is 11.8. The summed E-state index contributed by atoms with van der Waals surface area (Å²) in [5.41, 5.74) is 0. The second kappa shape index (κ2) is 4.72. The van der Waals surface area contributed by atoms with E-state index in [1.54, 1.807) is 0 Å². The molecule has 8 atom stereocenters. The van der Waals surface area contributed by atoms with Gasteiger partial charge in [-0.25, -0.2) is 0 Å². The van der Waals surface area contributed by atoms with Gasteiger partial charge in [0.1, 0.15) is 0 Å². The normalized spacial score (nSPS) is 48.1. The zero-order chi connectivity index (χ0) is 14.8. The number of hydrogen-bond donors (Lipinski definition) is 1. The van der Waals surface area contributed by atoms with Crippen LogP contribution in [0, 0.1) is 41.4 Å². The molecule has 0 aromatic rings. The molecule has 0 radical (unpaired) electrons. The molecule has 0 saturated heterocycles. The SMILES string of the molecule is OC(COCC1CC2CC1C1C3C=CC(C3)C21)C(F)(F)F. The van der Waals surface area contributed by atoms with Crippen LogP contribution in [0.25, 0.3) is 0 Å². The molecule has 0 heterocycles. The monoisotopic (exact) mass is 302 g/mol. The van der Waals surface area contributed by atoms with Gasteiger partial charge in [-0.2, -0.15) is 13.2 Å². The number of aliphatic hydroxyl groups excluding tert-OH is 1. The van der Waals surface area contributed by atoms with Crippen molar-refractivity contribution in [1.82, 2.24) is 0 Å². The minimum atomic E-state index is -4.57. The highest BCUT2D eigenvalue weighted by Crippen LogP contribution is 2.66. The Balaban J connectivity index is 1.32. The Morgan fingerprint density at radius 1 is 1.10 bits per heavy atom. The van der Waals surface area contributed by atoms with Crippen LogP contribution in [0.2, 0.25) is 0 Å². The second-order valence-electron chi connectivity index (χ2n) is 7.35. The highest BCUT2D eigenvalue weighted by atomic mass is 19.4. The molecule has 118 valence electrons. The van der Waals surface area contributed by atoms with Gasteiger partial charge in [-0.15, -0.1) is 0 Å². The average molecular weight is 302 g/mol. The van der Waals surface area contributed by atoms with Crippen molar-refractivity contribution in [3.63, 3.8) is 0 Å². The molecular formula is C16H21F3O2. The minimum Gasteiger partial charge on any atom is -0.382 e. The summed E-state index contributed by atoms with van der Waals surface area (Å²) in [7, 11) is 0. The predicted molar refractivity (Wildman–Crippen MR) is 70.3 cm³/mol. The fourth-order valence-electron chi connectivity index (χ4n) is 5.77. The van der Waals surface area contributed by atoms with E-state index in [0.29, 0.717) is 24.4 Å². The van der Waals surface area contributed by atoms with E-state index in [0.717, 1.165) is 30.1 Å². The largest absolute Gasteiger partial charge is 0.416 e. The summed E-state index contributed by atoms with van der Waals surface area (Å²) in [6, 6.07) is 0. The summed E-state index contributed by atoms with van der Waals surface area (Å²) in [4.78, 5) is 0. The van der Waals surface area contributed by atoms with Crippen molar-refractivity contribution in [2.75, 3.05) is 13.2 Å². The van der Waals surface area contributed by atoms with Crippen LogP contribution in [0.3, 0.4) is 0 Å². The molecule has 0 spiro atoms. The van der Waals surface area contributed by atoms with Gasteiger partial charge < -0.3 is 9.84 Å². The van der Waals surface area contributed by atoms with Crippen LogP contribution in [0.4, 0.5) is 13.2 Å². The van der Waals surface area contributed by atoms with Crippen molar-refractivity contribution < 1.29 is 23.0 Å². The Morgan fingerprint density at radius 3 is 2.52 bits per heavy atom. The molecule has 4 rings (SSSR count). The lowest BCUT2D eigenvalue weighted by molar-refractivity contribution is -0.218. The standard InChI is InChI=1S/C16H21F3O2/c17-16(18,19)13(20)7-21-6-11-4-10-5-12(11)15-9-2-1-8(3-9)14(10)15/h1-2,8-15,20H,3-7H2. The van der Waals surface area contributed by atoms with E-state index in [1.807, 2.05) is 0 Å². The molecule has 1 N–H and O–H groups in total. The number of hydrogen-bond acceptors (Lipinski definition) is 2. The molecule has 21 heavy (non-hydrogen) atoms. The molecule has 0 aromatic carbocycles. The van der Waals surface area contributed by atoms with Gasteiger partial charge in [0, 0.05) is 6.61 Å². The van der Waals surface area contributed by atoms with Crippen molar-refractivity contribution in [2.24, 2.45) is 41.4 Å². The Kier molecular flexibility index (Phi) is 3.16. The molecule has 4 aliphatic rings. The number of ether oxygens (including phenoxy) is 1. The molecule has 0 aromatic heterocycles. The van der Waals surface area contributed by atoms with E-state index in [2.05, 4.69) is 12.2 Å². The molecule has 5 heteroatoms. The quantitative estimate of drug-likeness (QED) is 0.639. The zero-order valence-electron chi connectivity index (χ0n) is 11.8. The number of allylic oxidation sites excluding steroid dienone is 2. The molecule has 4 bridgehead atoms. The van der Waals surface area contributed by atoms with Crippen molar-refractivity contribution in [3.8, 4) is 0 Å². The fraction of sp³-hybridized carbons (Fsp3) is 0.875. The number of alkyl halides is 3. The molecule has 3 fully saturated rings. The van der Waals surface area contributed by atoms with Gasteiger partial charge in [0.25, 0.3) is 0 Å². The molecule has 8 unspecified atom stereocenters. The van der Waals surface area contributed by atoms with Crippen LogP contribution in [-0.2, 0) is 4.74 Å². The maximum absolute atomic E-state index is 12.2. The summed E-state index contributed by atoms with van der Waals surface area (Å²) in [5.74, 6) is 4.83. The van der Waals surface area contributed by atoms with Crippen LogP contribution < -0.4 is 0 Å². The van der Waals surface area contributed by atoms with Crippen LogP contribution in [0.1, 0.15) is 19.3 Å². The maximum Gasteiger partial charge on any atom is 0.416 e. The van der Waals surface area contributed by atoms with E-state index >= 15 is 0 Å². The van der Waals surface area contributed by atoms with Gasteiger partial charge in [0.05, 0.1) is 6.61 Å². The van der Waals surface area contributed by atoms with Crippen molar-refractivity contribution in [2.45, 2.75) is 31.5 Å². The van der Waals surface area contributed by atoms with Crippen LogP contribution >= 0.6 is 0 Å². The van der Waals surface area contributed by atoms with Crippen molar-refractivity contribution in [1.29, 1.82) is 0 Å². The third-order valence-electron chi connectivity index (χ3n) is 6.39. The van der Waals surface area contributed by atoms with Crippen molar-refractivity contribution >= 4 is 0 Å². The molecule has 2 nitrogen and oxygen atoms in total. The Hall–Kier alpha value is -0.550. The lowest BCUT2D eigenvalue weighted by Gasteiger charge is -2.36. The van der Waals surface area contributed by atoms with E-state index in [4.69, 9.17) is 9.84 Å². The number of aliphatic hydroxyl groups is 1. The molecular weight excluding hydrogens is 281 g/mol. The lowest BCUT2D eigenvalue weighted by atomic mass is 9.69. The van der Waals surface area contributed by atoms with Gasteiger partial charge in [0.2, 0.25) is 0 Å². The number of fused-ring (bicyclic) bond motifs is 9. The van der Waals surface area contributed by atoms with Crippen LogP contribution in [0.5, 0.6) is 0 Å². The Labute approximate surface area is 122 Å². The lowest BCUT2D eigenvalue weighted by Crippen LogP contribution is -2.36. The second-order valence-corrected chi connectivity index (χ2v) is 7.35. The first-order valence-electron chi connectivity index (χ1n) is 7.96. The van der Waals surface area contributed by atoms with Crippen LogP contribution in [-0.4, -0.2) is 30.6 Å². The van der Waals surface area contributed by atoms with Gasteiger partial charge >= 0.3 is 6.18 Å². The Morgan fingerprint density at radius 2 is 1.81 bits per heavy atom. The van der Waals surface area contributed by atoms with Gasteiger partial charge in [0.15, 0.2) is 6.10 Å². The smallest absolute Gasteiger partial charge is 0.382 e. The first kappa shape index (κ1) is 14.1. The molecule has 0 amide bonds. The average Bonchev–Trinajstić information content (AvgIpc) is 3.15. The summed E-state index contributed by atoms with van der Waals surface area (Å²) in [6.45, 7) is -0.254. The summed E-state index contributed by atoms with van der Waals surface area (Å²) >= 11 is 0. The topological polar surface area (TPSA) is 29.5 Å². The fourth-order valence-corrected chi connectivity index (χ4v) is 5.77. The maximum atomic E-state index is 12.2. The number of halogens is 3. The van der Waals surface area contributed by atoms with Gasteiger partial charge in [-0.3, -0.25) is 0 Å². The Bertz CT molecular complexity index is 447. The first-order valence-corrected chi connectivity index (χ1v) is 7.96. The molecule has 4 aliphatic carbocycles. The minimum absolute atomic E-state index is 0.374. The third kappa shape index (κ3) is 2.15.